The van der Waals surface area contributed by atoms with Crippen molar-refractivity contribution in [1.29, 1.82) is 0 Å². The third-order valence-corrected chi connectivity index (χ3v) is 3.58. The average Bonchev–Trinajstić information content (AvgIpc) is 2.79. The first-order valence-electron chi connectivity index (χ1n) is 6.57. The molecule has 0 radical (unpaired) electrons. The monoisotopic (exact) mass is 320 g/mol. The van der Waals surface area contributed by atoms with Crippen LogP contribution < -0.4 is 10.5 Å². The molecule has 7 heteroatoms. The maximum atomic E-state index is 12.3. The Kier molecular flexibility index (Phi) is 6.36. The molecule has 1 heterocycles. The maximum Gasteiger partial charge on any atom is 0.387 e. The number of ether oxygens (including phenoxy) is 1. The Labute approximate surface area is 128 Å². The highest BCUT2D eigenvalue weighted by molar-refractivity contribution is 5.94. The van der Waals surface area contributed by atoms with Gasteiger partial charge in [-0.1, -0.05) is 0 Å². The molecule has 2 N–H and O–H groups in total. The topological polar surface area (TPSA) is 55.6 Å². The normalized spacial score (nSPS) is 21.3. The van der Waals surface area contributed by atoms with Crippen molar-refractivity contribution >= 4 is 18.3 Å². The molecule has 0 bridgehead atoms. The van der Waals surface area contributed by atoms with Gasteiger partial charge in [-0.2, -0.15) is 8.78 Å². The fourth-order valence-corrected chi connectivity index (χ4v) is 2.54. The van der Waals surface area contributed by atoms with Crippen LogP contribution in [0.4, 0.5) is 8.78 Å². The summed E-state index contributed by atoms with van der Waals surface area (Å²) in [6.45, 7) is 0.337. The van der Waals surface area contributed by atoms with Gasteiger partial charge in [0.2, 0.25) is 0 Å². The van der Waals surface area contributed by atoms with Gasteiger partial charge >= 0.3 is 6.61 Å². The molecule has 1 aliphatic rings. The maximum absolute atomic E-state index is 12.3. The predicted molar refractivity (Wildman–Crippen MR) is 78.0 cm³/mol. The molecule has 118 valence electrons. The van der Waals surface area contributed by atoms with Gasteiger partial charge in [0, 0.05) is 18.2 Å². The summed E-state index contributed by atoms with van der Waals surface area (Å²) >= 11 is 0. The number of hydrogen-bond acceptors (Lipinski definition) is 3. The Balaban J connectivity index is 0.00000220. The first kappa shape index (κ1) is 17.7. The van der Waals surface area contributed by atoms with E-state index >= 15 is 0 Å². The van der Waals surface area contributed by atoms with E-state index in [4.69, 9.17) is 5.73 Å². The van der Waals surface area contributed by atoms with Crippen molar-refractivity contribution in [2.75, 3.05) is 13.1 Å². The number of nitrogens with two attached hydrogens (primary N) is 1. The predicted octanol–water partition coefficient (Wildman–Crippen LogP) is 2.52. The average molecular weight is 321 g/mol. The molecule has 0 aromatic heterocycles. The fraction of sp³-hybridized carbons (Fsp3) is 0.500. The van der Waals surface area contributed by atoms with E-state index in [-0.39, 0.29) is 30.1 Å². The summed E-state index contributed by atoms with van der Waals surface area (Å²) in [5, 5.41) is 0. The van der Waals surface area contributed by atoms with E-state index in [0.717, 1.165) is 6.42 Å². The van der Waals surface area contributed by atoms with Gasteiger partial charge in [-0.25, -0.2) is 0 Å². The Morgan fingerprint density at radius 2 is 2.05 bits per heavy atom. The van der Waals surface area contributed by atoms with Gasteiger partial charge < -0.3 is 15.4 Å². The standard InChI is InChI=1S/C14H18F2N2O2.ClH/c1-9-6-10(7-17)8-18(9)13(19)11-2-4-12(5-3-11)20-14(15)16;/h2-5,9-10,14H,6-8,17H2,1H3;1H. The second-order valence-electron chi connectivity index (χ2n) is 5.05. The van der Waals surface area contributed by atoms with E-state index in [1.54, 1.807) is 4.90 Å². The minimum Gasteiger partial charge on any atom is -0.435 e. The minimum absolute atomic E-state index is 0. The molecule has 4 nitrogen and oxygen atoms in total. The first-order chi connectivity index (χ1) is 9.51. The Morgan fingerprint density at radius 3 is 2.52 bits per heavy atom. The van der Waals surface area contributed by atoms with Crippen LogP contribution in [0, 0.1) is 5.92 Å². The van der Waals surface area contributed by atoms with Crippen LogP contribution >= 0.6 is 12.4 Å². The smallest absolute Gasteiger partial charge is 0.387 e. The number of carbonyl (C=O) groups excluding carboxylic acids is 1. The number of amides is 1. The molecule has 1 fully saturated rings. The SMILES string of the molecule is CC1CC(CN)CN1C(=O)c1ccc(OC(F)F)cc1.Cl. The van der Waals surface area contributed by atoms with Crippen LogP contribution in [0.3, 0.4) is 0 Å². The van der Waals surface area contributed by atoms with Crippen molar-refractivity contribution in [2.45, 2.75) is 26.0 Å². The highest BCUT2D eigenvalue weighted by atomic mass is 35.5. The van der Waals surface area contributed by atoms with Gasteiger partial charge in [0.25, 0.3) is 5.91 Å². The second kappa shape index (κ2) is 7.56. The van der Waals surface area contributed by atoms with Crippen LogP contribution in [-0.4, -0.2) is 36.5 Å². The summed E-state index contributed by atoms with van der Waals surface area (Å²) < 4.78 is 28.4. The summed E-state index contributed by atoms with van der Waals surface area (Å²) in [4.78, 5) is 14.1. The highest BCUT2D eigenvalue weighted by Gasteiger charge is 2.31. The molecule has 2 unspecified atom stereocenters. The number of nitrogens with zero attached hydrogens (tertiary/aromatic N) is 1. The number of likely N-dealkylation sites (tertiary alicyclic amines) is 1. The van der Waals surface area contributed by atoms with Gasteiger partial charge in [-0.3, -0.25) is 4.79 Å². The molecular formula is C14H19ClF2N2O2. The zero-order chi connectivity index (χ0) is 14.7. The summed E-state index contributed by atoms with van der Waals surface area (Å²) in [7, 11) is 0. The van der Waals surface area contributed by atoms with Gasteiger partial charge in [-0.15, -0.1) is 12.4 Å². The van der Waals surface area contributed by atoms with Gasteiger partial charge in [-0.05, 0) is 50.1 Å². The third-order valence-electron chi connectivity index (χ3n) is 3.58. The molecule has 2 rings (SSSR count). The zero-order valence-electron chi connectivity index (χ0n) is 11.7. The van der Waals surface area contributed by atoms with Crippen molar-refractivity contribution in [2.24, 2.45) is 11.7 Å². The van der Waals surface area contributed by atoms with Gasteiger partial charge in [0.15, 0.2) is 0 Å². The Bertz CT molecular complexity index is 471. The van der Waals surface area contributed by atoms with Crippen molar-refractivity contribution in [3.05, 3.63) is 29.8 Å². The molecule has 1 aromatic carbocycles. The summed E-state index contributed by atoms with van der Waals surface area (Å²) in [5.74, 6) is 0.276. The number of rotatable bonds is 4. The van der Waals surface area contributed by atoms with Gasteiger partial charge in [0.1, 0.15) is 5.75 Å². The first-order valence-corrected chi connectivity index (χ1v) is 6.57. The number of alkyl halides is 2. The lowest BCUT2D eigenvalue weighted by Gasteiger charge is -2.21. The molecule has 0 spiro atoms. The largest absolute Gasteiger partial charge is 0.435 e. The number of hydrogen-bond donors (Lipinski definition) is 1. The molecule has 0 saturated carbocycles. The zero-order valence-corrected chi connectivity index (χ0v) is 12.5. The van der Waals surface area contributed by atoms with E-state index in [1.807, 2.05) is 6.92 Å². The van der Waals surface area contributed by atoms with Crippen molar-refractivity contribution in [3.8, 4) is 5.75 Å². The molecule has 0 aliphatic carbocycles. The van der Waals surface area contributed by atoms with Crippen LogP contribution in [0.25, 0.3) is 0 Å². The Morgan fingerprint density at radius 1 is 1.43 bits per heavy atom. The van der Waals surface area contributed by atoms with Crippen LogP contribution in [0.2, 0.25) is 0 Å². The lowest BCUT2D eigenvalue weighted by molar-refractivity contribution is -0.0498. The molecule has 1 aromatic rings. The number of halogens is 3. The van der Waals surface area contributed by atoms with Crippen molar-refractivity contribution in [1.82, 2.24) is 4.90 Å². The third kappa shape index (κ3) is 4.28. The molecular weight excluding hydrogens is 302 g/mol. The minimum atomic E-state index is -2.86. The highest BCUT2D eigenvalue weighted by Crippen LogP contribution is 2.25. The lowest BCUT2D eigenvalue weighted by atomic mass is 10.1. The van der Waals surface area contributed by atoms with E-state index in [0.29, 0.717) is 24.6 Å². The molecule has 1 saturated heterocycles. The summed E-state index contributed by atoms with van der Waals surface area (Å²) in [5.41, 5.74) is 6.11. The van der Waals surface area contributed by atoms with Crippen LogP contribution in [0.5, 0.6) is 5.75 Å². The Hall–Kier alpha value is -1.40. The van der Waals surface area contributed by atoms with Crippen molar-refractivity contribution in [3.63, 3.8) is 0 Å². The molecule has 1 amide bonds. The van der Waals surface area contributed by atoms with Crippen molar-refractivity contribution < 1.29 is 18.3 Å². The lowest BCUT2D eigenvalue weighted by Crippen LogP contribution is -2.34. The quantitative estimate of drug-likeness (QED) is 0.927. The molecule has 2 atom stereocenters. The summed E-state index contributed by atoms with van der Waals surface area (Å²) in [6.07, 6.45) is 0.898. The molecule has 21 heavy (non-hydrogen) atoms. The summed E-state index contributed by atoms with van der Waals surface area (Å²) in [6, 6.07) is 5.90. The number of carbonyl (C=O) groups is 1. The van der Waals surface area contributed by atoms with Crippen LogP contribution in [0.1, 0.15) is 23.7 Å². The van der Waals surface area contributed by atoms with E-state index in [2.05, 4.69) is 4.74 Å². The van der Waals surface area contributed by atoms with E-state index in [9.17, 15) is 13.6 Å². The van der Waals surface area contributed by atoms with Crippen LogP contribution in [0.15, 0.2) is 24.3 Å². The van der Waals surface area contributed by atoms with E-state index in [1.165, 1.54) is 24.3 Å². The second-order valence-corrected chi connectivity index (χ2v) is 5.05. The van der Waals surface area contributed by atoms with Crippen LogP contribution in [-0.2, 0) is 0 Å². The molecule has 1 aliphatic heterocycles. The van der Waals surface area contributed by atoms with Gasteiger partial charge in [0.05, 0.1) is 0 Å². The fourth-order valence-electron chi connectivity index (χ4n) is 2.54. The van der Waals surface area contributed by atoms with E-state index < -0.39 is 6.61 Å². The number of benzene rings is 1.